The molecule has 1 aliphatic heterocycles. The third-order valence-corrected chi connectivity index (χ3v) is 4.71. The van der Waals surface area contributed by atoms with Crippen LogP contribution in [0.2, 0.25) is 0 Å². The van der Waals surface area contributed by atoms with Crippen LogP contribution in [0, 0.1) is 5.82 Å². The summed E-state index contributed by atoms with van der Waals surface area (Å²) in [5.41, 5.74) is -3.47. The summed E-state index contributed by atoms with van der Waals surface area (Å²) >= 11 is 0. The number of halogens is 1. The van der Waals surface area contributed by atoms with Gasteiger partial charge in [0.2, 0.25) is 5.82 Å². The largest absolute Gasteiger partial charge is 0.469 e. The molecule has 2 fully saturated rings. The summed E-state index contributed by atoms with van der Waals surface area (Å²) in [5.74, 6) is -1.19. The van der Waals surface area contributed by atoms with Gasteiger partial charge in [0, 0.05) is 6.42 Å². The molecule has 1 aliphatic carbocycles. The highest BCUT2D eigenvalue weighted by Crippen LogP contribution is 2.54. The molecule has 1 saturated heterocycles. The van der Waals surface area contributed by atoms with E-state index in [1.165, 1.54) is 0 Å². The minimum absolute atomic E-state index is 0.119. The van der Waals surface area contributed by atoms with E-state index in [2.05, 4.69) is 4.52 Å². The average Bonchev–Trinajstić information content (AvgIpc) is 2.78. The van der Waals surface area contributed by atoms with Crippen molar-refractivity contribution in [1.29, 1.82) is 0 Å². The van der Waals surface area contributed by atoms with Gasteiger partial charge in [-0.2, -0.15) is 4.39 Å². The maximum absolute atomic E-state index is 13.3. The van der Waals surface area contributed by atoms with Crippen molar-refractivity contribution in [2.75, 3.05) is 0 Å². The van der Waals surface area contributed by atoms with Crippen LogP contribution in [0.1, 0.15) is 25.5 Å². The lowest BCUT2D eigenvalue weighted by atomic mass is 9.73. The zero-order chi connectivity index (χ0) is 17.0. The highest BCUT2D eigenvalue weighted by molar-refractivity contribution is 7.46. The second-order valence-corrected chi connectivity index (χ2v) is 6.74. The van der Waals surface area contributed by atoms with Gasteiger partial charge in [-0.25, -0.2) is 9.36 Å². The van der Waals surface area contributed by atoms with Crippen molar-refractivity contribution in [1.82, 2.24) is 9.55 Å². The normalized spacial score (nSPS) is 33.8. The van der Waals surface area contributed by atoms with Crippen LogP contribution in [0.15, 0.2) is 15.8 Å². The van der Waals surface area contributed by atoms with Crippen LogP contribution in [0.4, 0.5) is 4.39 Å². The third kappa shape index (κ3) is 2.80. The summed E-state index contributed by atoms with van der Waals surface area (Å²) in [6.45, 7) is 0. The Morgan fingerprint density at radius 1 is 1.48 bits per heavy atom. The molecule has 1 saturated carbocycles. The van der Waals surface area contributed by atoms with E-state index in [9.17, 15) is 23.7 Å². The molecule has 128 valence electrons. The Hall–Kier alpha value is -1.36. The van der Waals surface area contributed by atoms with Crippen LogP contribution in [-0.4, -0.2) is 42.3 Å². The lowest BCUT2D eigenvalue weighted by Crippen LogP contribution is -2.58. The van der Waals surface area contributed by atoms with E-state index >= 15 is 0 Å². The molecule has 0 aromatic carbocycles. The molecule has 23 heavy (non-hydrogen) atoms. The Morgan fingerprint density at radius 2 is 2.17 bits per heavy atom. The van der Waals surface area contributed by atoms with Crippen molar-refractivity contribution in [2.24, 2.45) is 0 Å². The number of nitrogens with one attached hydrogen (secondary N) is 1. The summed E-state index contributed by atoms with van der Waals surface area (Å²) in [4.78, 5) is 42.3. The Morgan fingerprint density at radius 3 is 2.74 bits per heavy atom. The fourth-order valence-electron chi connectivity index (χ4n) is 2.99. The molecule has 3 rings (SSSR count). The zero-order valence-electron chi connectivity index (χ0n) is 11.6. The van der Waals surface area contributed by atoms with E-state index in [4.69, 9.17) is 14.5 Å². The Balaban J connectivity index is 1.87. The molecule has 1 aromatic rings. The topological polar surface area (TPSA) is 151 Å². The SMILES string of the molecule is O=c1[nH]c(=O)n(C2CC(O)C3(CCC3OP(=O)(O)O)O2)cc1F. The molecule has 1 aromatic heterocycles. The number of aromatic nitrogens is 2. The zero-order valence-corrected chi connectivity index (χ0v) is 12.5. The minimum atomic E-state index is -4.77. The van der Waals surface area contributed by atoms with E-state index in [1.54, 1.807) is 4.98 Å². The number of aliphatic hydroxyl groups is 1. The number of phosphoric acid groups is 1. The van der Waals surface area contributed by atoms with Crippen LogP contribution in [0.5, 0.6) is 0 Å². The van der Waals surface area contributed by atoms with Crippen molar-refractivity contribution in [2.45, 2.75) is 43.3 Å². The highest BCUT2D eigenvalue weighted by Gasteiger charge is 2.61. The van der Waals surface area contributed by atoms with Gasteiger partial charge in [0.15, 0.2) is 0 Å². The molecule has 2 aliphatic rings. The lowest BCUT2D eigenvalue weighted by molar-refractivity contribution is -0.209. The average molecular weight is 352 g/mol. The first-order valence-electron chi connectivity index (χ1n) is 6.73. The molecule has 0 bridgehead atoms. The summed E-state index contributed by atoms with van der Waals surface area (Å²) in [6.07, 6.45) is -2.25. The van der Waals surface area contributed by atoms with E-state index < -0.39 is 48.9 Å². The molecule has 2 heterocycles. The van der Waals surface area contributed by atoms with Crippen molar-refractivity contribution in [3.8, 4) is 0 Å². The summed E-state index contributed by atoms with van der Waals surface area (Å²) in [7, 11) is -4.77. The highest BCUT2D eigenvalue weighted by atomic mass is 31.2. The lowest BCUT2D eigenvalue weighted by Gasteiger charge is -2.47. The van der Waals surface area contributed by atoms with Crippen LogP contribution >= 0.6 is 7.82 Å². The maximum atomic E-state index is 13.3. The second-order valence-electron chi connectivity index (χ2n) is 5.55. The van der Waals surface area contributed by atoms with Crippen LogP contribution in [-0.2, 0) is 13.8 Å². The molecular weight excluding hydrogens is 338 g/mol. The van der Waals surface area contributed by atoms with Gasteiger partial charge in [-0.1, -0.05) is 0 Å². The van der Waals surface area contributed by atoms with Crippen molar-refractivity contribution in [3.63, 3.8) is 0 Å². The summed E-state index contributed by atoms with van der Waals surface area (Å²) in [6, 6.07) is 0. The number of H-pyrrole nitrogens is 1. The van der Waals surface area contributed by atoms with E-state index in [0.29, 0.717) is 6.20 Å². The molecule has 1 spiro atoms. The molecular formula is C11H14FN2O8P. The fourth-order valence-corrected chi connectivity index (χ4v) is 3.60. The predicted molar refractivity (Wildman–Crippen MR) is 70.9 cm³/mol. The van der Waals surface area contributed by atoms with Gasteiger partial charge < -0.3 is 19.6 Å². The third-order valence-electron chi connectivity index (χ3n) is 4.19. The maximum Gasteiger partial charge on any atom is 0.469 e. The van der Waals surface area contributed by atoms with E-state index in [-0.39, 0.29) is 19.3 Å². The fraction of sp³-hybridized carbons (Fsp3) is 0.636. The number of hydrogen-bond acceptors (Lipinski definition) is 6. The number of nitrogens with zero attached hydrogens (tertiary/aromatic N) is 1. The molecule has 0 radical (unpaired) electrons. The van der Waals surface area contributed by atoms with E-state index in [1.807, 2.05) is 0 Å². The predicted octanol–water partition coefficient (Wildman–Crippen LogP) is -1.03. The first kappa shape index (κ1) is 16.5. The van der Waals surface area contributed by atoms with Gasteiger partial charge in [-0.05, 0) is 12.8 Å². The van der Waals surface area contributed by atoms with Gasteiger partial charge in [0.1, 0.15) is 17.9 Å². The second kappa shape index (κ2) is 5.33. The van der Waals surface area contributed by atoms with Crippen LogP contribution < -0.4 is 11.2 Å². The van der Waals surface area contributed by atoms with Gasteiger partial charge in [-0.3, -0.25) is 18.9 Å². The Bertz CT molecular complexity index is 787. The number of hydrogen-bond donors (Lipinski definition) is 4. The van der Waals surface area contributed by atoms with E-state index in [0.717, 1.165) is 4.57 Å². The molecule has 4 N–H and O–H groups in total. The smallest absolute Gasteiger partial charge is 0.390 e. The molecule has 12 heteroatoms. The molecule has 10 nitrogen and oxygen atoms in total. The van der Waals surface area contributed by atoms with Gasteiger partial charge >= 0.3 is 13.5 Å². The van der Waals surface area contributed by atoms with Crippen LogP contribution in [0.3, 0.4) is 0 Å². The quantitative estimate of drug-likeness (QED) is 0.504. The van der Waals surface area contributed by atoms with Gasteiger partial charge in [0.25, 0.3) is 5.56 Å². The summed E-state index contributed by atoms with van der Waals surface area (Å²) < 4.78 is 35.3. The van der Waals surface area contributed by atoms with Crippen LogP contribution in [0.25, 0.3) is 0 Å². The standard InChI is InChI=1S/C11H14FN2O8P/c12-5-4-14(10(17)13-9(5)16)8-3-6(15)11(21-8)2-1-7(11)22-23(18,19)20/h4,6-8,15H,1-3H2,(H,13,16,17)(H2,18,19,20). The van der Waals surface area contributed by atoms with Crippen molar-refractivity contribution in [3.05, 3.63) is 32.9 Å². The Kier molecular flexibility index (Phi) is 3.82. The summed E-state index contributed by atoms with van der Waals surface area (Å²) in [5, 5.41) is 10.2. The van der Waals surface area contributed by atoms with Crippen molar-refractivity contribution < 1.29 is 33.1 Å². The van der Waals surface area contributed by atoms with Gasteiger partial charge in [0.05, 0.1) is 12.3 Å². The number of aromatic amines is 1. The minimum Gasteiger partial charge on any atom is -0.390 e. The number of aliphatic hydroxyl groups excluding tert-OH is 1. The Labute approximate surface area is 127 Å². The first-order chi connectivity index (χ1) is 10.6. The molecule has 4 atom stereocenters. The van der Waals surface area contributed by atoms with Gasteiger partial charge in [-0.15, -0.1) is 0 Å². The molecule has 4 unspecified atom stereocenters. The molecule has 0 amide bonds. The first-order valence-corrected chi connectivity index (χ1v) is 8.26. The number of ether oxygens (including phenoxy) is 1. The monoisotopic (exact) mass is 352 g/mol. The number of phosphoric ester groups is 1. The number of rotatable bonds is 3. The van der Waals surface area contributed by atoms with Crippen molar-refractivity contribution >= 4 is 7.82 Å².